The maximum Gasteiger partial charge on any atom is 0.0563 e. The van der Waals surface area contributed by atoms with E-state index in [-0.39, 0.29) is 0 Å². The van der Waals surface area contributed by atoms with Crippen LogP contribution < -0.4 is 11.3 Å². The smallest absolute Gasteiger partial charge is 0.0563 e. The van der Waals surface area contributed by atoms with E-state index in [1.807, 2.05) is 42.5 Å². The molecule has 0 bridgehead atoms. The number of nitrogen functional groups attached to an aromatic ring is 1. The molecule has 0 aliphatic rings. The summed E-state index contributed by atoms with van der Waals surface area (Å²) in [5.74, 6) is 5.58. The van der Waals surface area contributed by atoms with Crippen LogP contribution in [0.2, 0.25) is 0 Å². The fourth-order valence-electron chi connectivity index (χ4n) is 2.52. The Morgan fingerprint density at radius 1 is 0.727 bits per heavy atom. The summed E-state index contributed by atoms with van der Waals surface area (Å²) in [4.78, 5) is 0. The summed E-state index contributed by atoms with van der Waals surface area (Å²) in [5.41, 5.74) is 9.05. The molecule has 3 aromatic carbocycles. The Hall–Kier alpha value is -2.84. The van der Waals surface area contributed by atoms with Crippen LogP contribution in [0, 0.1) is 0 Å². The highest BCUT2D eigenvalue weighted by Gasteiger charge is 2.07. The van der Waals surface area contributed by atoms with Crippen LogP contribution in [0.25, 0.3) is 16.7 Å². The van der Waals surface area contributed by atoms with Gasteiger partial charge in [0.25, 0.3) is 0 Å². The van der Waals surface area contributed by atoms with E-state index < -0.39 is 0 Å². The molecule has 0 spiro atoms. The Kier molecular flexibility index (Phi) is 4.03. The van der Waals surface area contributed by atoms with E-state index in [0.29, 0.717) is 0 Å². The molecule has 0 unspecified atom stereocenters. The number of anilines is 1. The molecule has 0 heterocycles. The summed E-state index contributed by atoms with van der Waals surface area (Å²) in [6, 6.07) is 26.7. The molecule has 0 aliphatic heterocycles. The molecule has 0 saturated carbocycles. The number of hydrogen-bond acceptors (Lipinski definition) is 2. The number of para-hydroxylation sites is 1. The predicted octanol–water partition coefficient (Wildman–Crippen LogP) is 4.70. The highest BCUT2D eigenvalue weighted by Crippen LogP contribution is 2.29. The van der Waals surface area contributed by atoms with Gasteiger partial charge in [-0.3, -0.25) is 5.84 Å². The summed E-state index contributed by atoms with van der Waals surface area (Å²) in [6.45, 7) is 4.21. The second-order valence-corrected chi connectivity index (χ2v) is 5.11. The van der Waals surface area contributed by atoms with Gasteiger partial charge >= 0.3 is 0 Å². The Labute approximate surface area is 130 Å². The zero-order chi connectivity index (χ0) is 15.4. The van der Waals surface area contributed by atoms with E-state index in [1.165, 1.54) is 11.1 Å². The van der Waals surface area contributed by atoms with Gasteiger partial charge in [0.15, 0.2) is 0 Å². The Bertz CT molecular complexity index is 774. The van der Waals surface area contributed by atoms with Crippen molar-refractivity contribution in [3.63, 3.8) is 0 Å². The maximum absolute atomic E-state index is 5.58. The van der Waals surface area contributed by atoms with Crippen LogP contribution in [0.15, 0.2) is 85.4 Å². The van der Waals surface area contributed by atoms with Crippen molar-refractivity contribution in [3.05, 3.63) is 96.6 Å². The fourth-order valence-corrected chi connectivity index (χ4v) is 2.52. The third-order valence-corrected chi connectivity index (χ3v) is 3.75. The van der Waals surface area contributed by atoms with E-state index in [1.54, 1.807) is 0 Å². The van der Waals surface area contributed by atoms with E-state index in [2.05, 4.69) is 48.4 Å². The number of benzene rings is 3. The quantitative estimate of drug-likeness (QED) is 0.539. The molecule has 22 heavy (non-hydrogen) atoms. The first-order valence-corrected chi connectivity index (χ1v) is 7.20. The van der Waals surface area contributed by atoms with Crippen molar-refractivity contribution in [3.8, 4) is 11.1 Å². The van der Waals surface area contributed by atoms with Gasteiger partial charge in [-0.1, -0.05) is 79.4 Å². The highest BCUT2D eigenvalue weighted by molar-refractivity contribution is 5.85. The van der Waals surface area contributed by atoms with E-state index in [4.69, 9.17) is 5.84 Å². The Balaban J connectivity index is 1.91. The van der Waals surface area contributed by atoms with E-state index in [9.17, 15) is 0 Å². The summed E-state index contributed by atoms with van der Waals surface area (Å²) in [6.07, 6.45) is 0. The predicted molar refractivity (Wildman–Crippen MR) is 94.3 cm³/mol. The average molecular weight is 286 g/mol. The van der Waals surface area contributed by atoms with E-state index >= 15 is 0 Å². The largest absolute Gasteiger partial charge is 0.324 e. The molecular formula is C20H18N2. The topological polar surface area (TPSA) is 38.0 Å². The summed E-state index contributed by atoms with van der Waals surface area (Å²) < 4.78 is 0. The SMILES string of the molecule is C=C(c1ccc(-c2ccccc2)cc1)c1ccccc1NN. The second kappa shape index (κ2) is 6.29. The van der Waals surface area contributed by atoms with Gasteiger partial charge in [0.1, 0.15) is 0 Å². The van der Waals surface area contributed by atoms with Crippen molar-refractivity contribution in [1.29, 1.82) is 0 Å². The summed E-state index contributed by atoms with van der Waals surface area (Å²) in [5, 5.41) is 0. The third-order valence-electron chi connectivity index (χ3n) is 3.75. The fraction of sp³-hybridized carbons (Fsp3) is 0. The zero-order valence-corrected chi connectivity index (χ0v) is 12.3. The number of hydrogen-bond donors (Lipinski definition) is 2. The molecule has 0 aromatic heterocycles. The molecular weight excluding hydrogens is 268 g/mol. The van der Waals surface area contributed by atoms with Crippen molar-refractivity contribution in [2.24, 2.45) is 5.84 Å². The average Bonchev–Trinajstić information content (AvgIpc) is 2.62. The molecule has 2 nitrogen and oxygen atoms in total. The second-order valence-electron chi connectivity index (χ2n) is 5.11. The molecule has 108 valence electrons. The van der Waals surface area contributed by atoms with Crippen molar-refractivity contribution in [2.45, 2.75) is 0 Å². The summed E-state index contributed by atoms with van der Waals surface area (Å²) in [7, 11) is 0. The molecule has 2 heteroatoms. The minimum atomic E-state index is 0.875. The Morgan fingerprint density at radius 2 is 1.32 bits per heavy atom. The molecule has 0 fully saturated rings. The first kappa shape index (κ1) is 14.1. The first-order valence-electron chi connectivity index (χ1n) is 7.20. The van der Waals surface area contributed by atoms with Gasteiger partial charge in [-0.2, -0.15) is 0 Å². The first-order chi connectivity index (χ1) is 10.8. The molecule has 0 aliphatic carbocycles. The lowest BCUT2D eigenvalue weighted by molar-refractivity contribution is 1.34. The van der Waals surface area contributed by atoms with Crippen molar-refractivity contribution < 1.29 is 0 Å². The minimum absolute atomic E-state index is 0.875. The van der Waals surface area contributed by atoms with Crippen LogP contribution in [0.3, 0.4) is 0 Å². The van der Waals surface area contributed by atoms with Gasteiger partial charge in [-0.05, 0) is 28.3 Å². The summed E-state index contributed by atoms with van der Waals surface area (Å²) >= 11 is 0. The van der Waals surface area contributed by atoms with Crippen molar-refractivity contribution in [2.75, 3.05) is 5.43 Å². The number of rotatable bonds is 4. The van der Waals surface area contributed by atoms with Crippen LogP contribution in [0.4, 0.5) is 5.69 Å². The lowest BCUT2D eigenvalue weighted by Crippen LogP contribution is -2.08. The zero-order valence-electron chi connectivity index (χ0n) is 12.3. The normalized spacial score (nSPS) is 10.2. The molecule has 0 radical (unpaired) electrons. The molecule has 0 saturated heterocycles. The van der Waals surface area contributed by atoms with Crippen LogP contribution in [0.1, 0.15) is 11.1 Å². The van der Waals surface area contributed by atoms with Gasteiger partial charge in [-0.25, -0.2) is 0 Å². The van der Waals surface area contributed by atoms with Crippen LogP contribution >= 0.6 is 0 Å². The molecule has 0 atom stereocenters. The Morgan fingerprint density at radius 3 is 2.00 bits per heavy atom. The molecule has 3 rings (SSSR count). The lowest BCUT2D eigenvalue weighted by Gasteiger charge is -2.12. The number of hydrazine groups is 1. The van der Waals surface area contributed by atoms with Crippen LogP contribution in [-0.4, -0.2) is 0 Å². The van der Waals surface area contributed by atoms with Gasteiger partial charge in [0.2, 0.25) is 0 Å². The van der Waals surface area contributed by atoms with Crippen LogP contribution in [0.5, 0.6) is 0 Å². The van der Waals surface area contributed by atoms with Gasteiger partial charge in [-0.15, -0.1) is 0 Å². The molecule has 3 N–H and O–H groups in total. The minimum Gasteiger partial charge on any atom is -0.324 e. The van der Waals surface area contributed by atoms with Gasteiger partial charge < -0.3 is 5.43 Å². The number of nitrogens with two attached hydrogens (primary N) is 1. The van der Waals surface area contributed by atoms with E-state index in [0.717, 1.165) is 22.4 Å². The van der Waals surface area contributed by atoms with Gasteiger partial charge in [0, 0.05) is 5.56 Å². The monoisotopic (exact) mass is 286 g/mol. The van der Waals surface area contributed by atoms with Crippen LogP contribution in [-0.2, 0) is 0 Å². The van der Waals surface area contributed by atoms with Crippen molar-refractivity contribution >= 4 is 11.3 Å². The maximum atomic E-state index is 5.58. The molecule has 3 aromatic rings. The van der Waals surface area contributed by atoms with Gasteiger partial charge in [0.05, 0.1) is 5.69 Å². The lowest BCUT2D eigenvalue weighted by atomic mass is 9.96. The molecule has 0 amide bonds. The number of nitrogens with one attached hydrogen (secondary N) is 1. The standard InChI is InChI=1S/C20H18N2/c1-15(19-9-5-6-10-20(19)22-21)16-11-13-18(14-12-16)17-7-3-2-4-8-17/h2-14,22H,1,21H2. The highest BCUT2D eigenvalue weighted by atomic mass is 15.2. The third kappa shape index (κ3) is 2.78. The van der Waals surface area contributed by atoms with Crippen molar-refractivity contribution in [1.82, 2.24) is 0 Å².